The van der Waals surface area contributed by atoms with Crippen molar-refractivity contribution < 1.29 is 9.76 Å². The maximum Gasteiger partial charge on any atom is 0.332 e. The van der Waals surface area contributed by atoms with E-state index in [4.69, 9.17) is 9.76 Å². The smallest absolute Gasteiger partial charge is 0.332 e. The van der Waals surface area contributed by atoms with Crippen molar-refractivity contribution in [2.45, 2.75) is 39.2 Å². The number of fused-ring (bicyclic) bond motifs is 4. The van der Waals surface area contributed by atoms with E-state index < -0.39 is 0 Å². The van der Waals surface area contributed by atoms with E-state index in [1.54, 1.807) is 0 Å². The Morgan fingerprint density at radius 3 is 3.10 bits per heavy atom. The zero-order chi connectivity index (χ0) is 20.5. The number of H-pyrrole nitrogens is 1. The van der Waals surface area contributed by atoms with Crippen LogP contribution in [0.1, 0.15) is 38.7 Å². The molecule has 6 rings (SSSR count). The second-order valence-corrected chi connectivity index (χ2v) is 10.0. The van der Waals surface area contributed by atoms with Crippen LogP contribution in [0.2, 0.25) is 0 Å². The summed E-state index contributed by atoms with van der Waals surface area (Å²) in [6, 6.07) is 2.06. The molecule has 153 valence electrons. The lowest BCUT2D eigenvalue weighted by molar-refractivity contribution is 0.0865. The SMILES string of the molecule is CC1(C)/C=N/N=C(/C2C3CC4=CC2C(C3)C(O)C4)c2c(cnc3[nH]ccc23)[B]OC1. The quantitative estimate of drug-likeness (QED) is 0.569. The Morgan fingerprint density at radius 2 is 2.20 bits per heavy atom. The molecule has 1 saturated carbocycles. The molecular weight excluding hydrogens is 375 g/mol. The molecule has 0 aromatic carbocycles. The zero-order valence-electron chi connectivity index (χ0n) is 17.4. The molecule has 3 aliphatic carbocycles. The van der Waals surface area contributed by atoms with Crippen molar-refractivity contribution in [3.05, 3.63) is 35.7 Å². The van der Waals surface area contributed by atoms with E-state index >= 15 is 0 Å². The number of nitrogens with zero attached hydrogens (tertiary/aromatic N) is 3. The second kappa shape index (κ2) is 6.63. The normalized spacial score (nSPS) is 37.1. The van der Waals surface area contributed by atoms with Crippen molar-refractivity contribution in [1.29, 1.82) is 0 Å². The highest BCUT2D eigenvalue weighted by atomic mass is 16.4. The standard InChI is InChI=1S/C23H26BN4O2/c1-23(2)10-27-28-21(19-13-5-12-6-16(19)15(8-13)18(29)7-12)20-14-3-4-25-22(14)26-9-17(20)24-30-11-23/h3-4,6,9-10,13,15-16,18-19,29H,5,7-8,11H2,1-2H3,(H,25,26)/b27-10+,28-21-. The van der Waals surface area contributed by atoms with Gasteiger partial charge < -0.3 is 14.7 Å². The van der Waals surface area contributed by atoms with Gasteiger partial charge in [-0.3, -0.25) is 0 Å². The lowest BCUT2D eigenvalue weighted by atomic mass is 9.68. The average Bonchev–Trinajstić information content (AvgIpc) is 3.22. The monoisotopic (exact) mass is 401 g/mol. The molecule has 2 aromatic heterocycles. The van der Waals surface area contributed by atoms with Crippen molar-refractivity contribution in [3.8, 4) is 0 Å². The van der Waals surface area contributed by atoms with Crippen LogP contribution in [-0.2, 0) is 4.65 Å². The summed E-state index contributed by atoms with van der Waals surface area (Å²) >= 11 is 0. The van der Waals surface area contributed by atoms with Crippen LogP contribution in [0.25, 0.3) is 11.0 Å². The van der Waals surface area contributed by atoms with Gasteiger partial charge in [0.05, 0.1) is 11.8 Å². The highest BCUT2D eigenvalue weighted by Crippen LogP contribution is 2.56. The minimum atomic E-state index is -0.230. The van der Waals surface area contributed by atoms with Crippen LogP contribution >= 0.6 is 0 Å². The third kappa shape index (κ3) is 2.82. The maximum atomic E-state index is 10.7. The minimum absolute atomic E-state index is 0.211. The van der Waals surface area contributed by atoms with Crippen LogP contribution in [0.3, 0.4) is 0 Å². The number of pyridine rings is 1. The first-order chi connectivity index (χ1) is 14.5. The molecule has 0 saturated heterocycles. The first kappa shape index (κ1) is 18.5. The summed E-state index contributed by atoms with van der Waals surface area (Å²) in [5.74, 6) is 1.39. The van der Waals surface area contributed by atoms with Gasteiger partial charge in [-0.05, 0) is 48.5 Å². The lowest BCUT2D eigenvalue weighted by Crippen LogP contribution is -2.39. The average molecular weight is 401 g/mol. The molecule has 3 bridgehead atoms. The topological polar surface area (TPSA) is 82.9 Å². The van der Waals surface area contributed by atoms with Gasteiger partial charge in [0.15, 0.2) is 0 Å². The van der Waals surface area contributed by atoms with Crippen LogP contribution in [0.4, 0.5) is 0 Å². The lowest BCUT2D eigenvalue weighted by Gasteiger charge is -2.37. The maximum absolute atomic E-state index is 10.7. The van der Waals surface area contributed by atoms with E-state index in [1.165, 1.54) is 5.57 Å². The Labute approximate surface area is 176 Å². The minimum Gasteiger partial charge on any atom is -0.433 e. The van der Waals surface area contributed by atoms with Crippen LogP contribution in [0.15, 0.2) is 40.3 Å². The molecule has 30 heavy (non-hydrogen) atoms. The third-order valence-electron chi connectivity index (χ3n) is 7.34. The van der Waals surface area contributed by atoms with Gasteiger partial charge in [0.2, 0.25) is 0 Å². The Bertz CT molecular complexity index is 1100. The van der Waals surface area contributed by atoms with Gasteiger partial charge in [0.25, 0.3) is 0 Å². The molecule has 3 heterocycles. The first-order valence-electron chi connectivity index (χ1n) is 10.9. The van der Waals surface area contributed by atoms with Crippen LogP contribution in [-0.4, -0.2) is 47.2 Å². The molecule has 2 aromatic rings. The van der Waals surface area contributed by atoms with Gasteiger partial charge in [0, 0.05) is 47.5 Å². The summed E-state index contributed by atoms with van der Waals surface area (Å²) in [4.78, 5) is 7.82. The molecule has 5 atom stereocenters. The molecule has 4 aliphatic rings. The number of allylic oxidation sites excluding steroid dienone is 1. The van der Waals surface area contributed by atoms with Gasteiger partial charge in [0.1, 0.15) is 5.65 Å². The number of aliphatic hydroxyl groups is 1. The Morgan fingerprint density at radius 1 is 1.30 bits per heavy atom. The van der Waals surface area contributed by atoms with Crippen molar-refractivity contribution >= 4 is 35.9 Å². The summed E-state index contributed by atoms with van der Waals surface area (Å²) in [7, 11) is 1.83. The Balaban J connectivity index is 1.55. The van der Waals surface area contributed by atoms with Crippen molar-refractivity contribution in [1.82, 2.24) is 9.97 Å². The Hall–Kier alpha value is -2.25. The molecule has 5 unspecified atom stereocenters. The number of aromatic amines is 1. The van der Waals surface area contributed by atoms with E-state index in [0.717, 1.165) is 47.0 Å². The van der Waals surface area contributed by atoms with Gasteiger partial charge >= 0.3 is 7.48 Å². The van der Waals surface area contributed by atoms with Crippen LogP contribution < -0.4 is 5.46 Å². The molecule has 0 spiro atoms. The summed E-state index contributed by atoms with van der Waals surface area (Å²) in [5, 5.41) is 21.2. The predicted octanol–water partition coefficient (Wildman–Crippen LogP) is 2.60. The summed E-state index contributed by atoms with van der Waals surface area (Å²) < 4.78 is 5.98. The number of hydrogen-bond donors (Lipinski definition) is 2. The highest BCUT2D eigenvalue weighted by Gasteiger charge is 2.53. The molecule has 1 radical (unpaired) electrons. The molecule has 7 heteroatoms. The molecule has 6 nitrogen and oxygen atoms in total. The second-order valence-electron chi connectivity index (χ2n) is 10.0. The zero-order valence-corrected chi connectivity index (χ0v) is 17.4. The number of rotatable bonds is 1. The van der Waals surface area contributed by atoms with E-state index in [0.29, 0.717) is 24.4 Å². The highest BCUT2D eigenvalue weighted by molar-refractivity contribution is 6.50. The van der Waals surface area contributed by atoms with Gasteiger partial charge in [-0.2, -0.15) is 10.2 Å². The molecule has 0 amide bonds. The van der Waals surface area contributed by atoms with Crippen molar-refractivity contribution in [3.63, 3.8) is 0 Å². The summed E-state index contributed by atoms with van der Waals surface area (Å²) in [5.41, 5.74) is 5.07. The van der Waals surface area contributed by atoms with Crippen LogP contribution in [0.5, 0.6) is 0 Å². The van der Waals surface area contributed by atoms with Gasteiger partial charge in [-0.1, -0.05) is 25.5 Å². The molecular formula is C23H26BN4O2. The van der Waals surface area contributed by atoms with E-state index in [-0.39, 0.29) is 17.4 Å². The van der Waals surface area contributed by atoms with Gasteiger partial charge in [-0.25, -0.2) is 4.98 Å². The molecule has 1 aliphatic heterocycles. The summed E-state index contributed by atoms with van der Waals surface area (Å²) in [6.45, 7) is 4.72. The fourth-order valence-electron chi connectivity index (χ4n) is 6.05. The van der Waals surface area contributed by atoms with Gasteiger partial charge in [-0.15, -0.1) is 0 Å². The fraction of sp³-hybridized carbons (Fsp3) is 0.522. The number of aromatic nitrogens is 2. The number of nitrogens with one attached hydrogen (secondary N) is 1. The van der Waals surface area contributed by atoms with Crippen LogP contribution in [0, 0.1) is 29.1 Å². The molecule has 1 fully saturated rings. The number of hydrogen-bond acceptors (Lipinski definition) is 5. The molecule has 2 N–H and O–H groups in total. The number of aliphatic hydroxyl groups excluding tert-OH is 1. The predicted molar refractivity (Wildman–Crippen MR) is 118 cm³/mol. The first-order valence-corrected chi connectivity index (χ1v) is 10.9. The van der Waals surface area contributed by atoms with Crippen molar-refractivity contribution in [2.24, 2.45) is 39.3 Å². The Kier molecular flexibility index (Phi) is 4.09. The largest absolute Gasteiger partial charge is 0.433 e. The fourth-order valence-corrected chi connectivity index (χ4v) is 6.05. The summed E-state index contributed by atoms with van der Waals surface area (Å²) in [6.07, 6.45) is 10.8. The van der Waals surface area contributed by atoms with E-state index in [1.807, 2.05) is 26.1 Å². The van der Waals surface area contributed by atoms with E-state index in [9.17, 15) is 5.11 Å². The third-order valence-corrected chi connectivity index (χ3v) is 7.34. The van der Waals surface area contributed by atoms with Crippen molar-refractivity contribution in [2.75, 3.05) is 6.61 Å². The van der Waals surface area contributed by atoms with E-state index in [2.05, 4.69) is 41.1 Å².